The summed E-state index contributed by atoms with van der Waals surface area (Å²) in [5.74, 6) is -0.123. The summed E-state index contributed by atoms with van der Waals surface area (Å²) in [6, 6.07) is 8.11. The number of fused-ring (bicyclic) bond motifs is 1. The highest BCUT2D eigenvalue weighted by atomic mass is 19.1. The number of nitrogens with zero attached hydrogens (tertiary/aromatic N) is 2. The lowest BCUT2D eigenvalue weighted by Gasteiger charge is -2.30. The van der Waals surface area contributed by atoms with Crippen LogP contribution in [-0.4, -0.2) is 42.0 Å². The van der Waals surface area contributed by atoms with Crippen molar-refractivity contribution >= 4 is 0 Å². The molecule has 2 unspecified atom stereocenters. The van der Waals surface area contributed by atoms with E-state index in [4.69, 9.17) is 0 Å². The van der Waals surface area contributed by atoms with Gasteiger partial charge in [-0.15, -0.1) is 0 Å². The van der Waals surface area contributed by atoms with Gasteiger partial charge in [-0.3, -0.25) is 9.80 Å². The normalized spacial score (nSPS) is 26.9. The topological polar surface area (TPSA) is 6.48 Å². The van der Waals surface area contributed by atoms with Crippen molar-refractivity contribution in [3.05, 3.63) is 35.6 Å². The summed E-state index contributed by atoms with van der Waals surface area (Å²) in [6.45, 7) is 6.98. The first-order valence-electron chi connectivity index (χ1n) is 7.47. The van der Waals surface area contributed by atoms with Crippen molar-refractivity contribution in [1.82, 2.24) is 9.80 Å². The van der Waals surface area contributed by atoms with Crippen LogP contribution in [0.15, 0.2) is 24.3 Å². The van der Waals surface area contributed by atoms with Crippen LogP contribution in [0.3, 0.4) is 0 Å². The molecule has 104 valence electrons. The van der Waals surface area contributed by atoms with E-state index in [1.54, 1.807) is 6.07 Å². The zero-order chi connectivity index (χ0) is 13.2. The Morgan fingerprint density at radius 3 is 2.89 bits per heavy atom. The fourth-order valence-electron chi connectivity index (χ4n) is 3.56. The van der Waals surface area contributed by atoms with Crippen LogP contribution in [-0.2, 0) is 0 Å². The lowest BCUT2D eigenvalue weighted by Crippen LogP contribution is -2.37. The van der Waals surface area contributed by atoms with Gasteiger partial charge >= 0.3 is 0 Å². The van der Waals surface area contributed by atoms with Crippen molar-refractivity contribution in [2.75, 3.05) is 26.2 Å². The number of hydrogen-bond donors (Lipinski definition) is 0. The summed E-state index contributed by atoms with van der Waals surface area (Å²) in [5, 5.41) is 0. The third-order valence-electron chi connectivity index (χ3n) is 4.71. The van der Waals surface area contributed by atoms with Crippen LogP contribution in [0.2, 0.25) is 0 Å². The second kappa shape index (κ2) is 5.59. The van der Waals surface area contributed by atoms with Gasteiger partial charge in [-0.1, -0.05) is 12.1 Å². The molecule has 2 saturated heterocycles. The fraction of sp³-hybridized carbons (Fsp3) is 0.625. The second-order valence-electron chi connectivity index (χ2n) is 5.91. The minimum absolute atomic E-state index is 0.123. The Balaban J connectivity index is 1.73. The van der Waals surface area contributed by atoms with Gasteiger partial charge in [0.2, 0.25) is 0 Å². The van der Waals surface area contributed by atoms with Gasteiger partial charge in [0.15, 0.2) is 0 Å². The number of hydrogen-bond acceptors (Lipinski definition) is 2. The third-order valence-corrected chi connectivity index (χ3v) is 4.71. The first kappa shape index (κ1) is 13.1. The van der Waals surface area contributed by atoms with Crippen LogP contribution < -0.4 is 0 Å². The molecular formula is C16H23FN2. The van der Waals surface area contributed by atoms with Crippen LogP contribution in [0.1, 0.15) is 37.8 Å². The minimum atomic E-state index is -0.123. The Morgan fingerprint density at radius 2 is 2.05 bits per heavy atom. The predicted molar refractivity (Wildman–Crippen MR) is 75.6 cm³/mol. The van der Waals surface area contributed by atoms with E-state index >= 15 is 0 Å². The van der Waals surface area contributed by atoms with Crippen LogP contribution >= 0.6 is 0 Å². The number of benzene rings is 1. The molecule has 0 saturated carbocycles. The van der Waals surface area contributed by atoms with Gasteiger partial charge < -0.3 is 0 Å². The van der Waals surface area contributed by atoms with Crippen molar-refractivity contribution < 1.29 is 4.39 Å². The Bertz CT molecular complexity index is 435. The maximum Gasteiger partial charge on any atom is 0.123 e. The Hall–Kier alpha value is -0.930. The first-order chi connectivity index (χ1) is 9.24. The summed E-state index contributed by atoms with van der Waals surface area (Å²) < 4.78 is 13.4. The highest BCUT2D eigenvalue weighted by Crippen LogP contribution is 2.27. The van der Waals surface area contributed by atoms with Crippen molar-refractivity contribution in [3.63, 3.8) is 0 Å². The molecule has 0 aromatic heterocycles. The van der Waals surface area contributed by atoms with Crippen LogP contribution in [0.5, 0.6) is 0 Å². The van der Waals surface area contributed by atoms with E-state index in [0.29, 0.717) is 6.04 Å². The molecule has 2 aliphatic rings. The molecule has 2 fully saturated rings. The Kier molecular flexibility index (Phi) is 3.85. The molecule has 0 spiro atoms. The van der Waals surface area contributed by atoms with Gasteiger partial charge in [0, 0.05) is 25.2 Å². The third kappa shape index (κ3) is 2.82. The minimum Gasteiger partial charge on any atom is -0.299 e. The summed E-state index contributed by atoms with van der Waals surface area (Å²) in [6.07, 6.45) is 3.90. The van der Waals surface area contributed by atoms with Gasteiger partial charge in [-0.05, 0) is 57.0 Å². The van der Waals surface area contributed by atoms with Crippen molar-refractivity contribution in [1.29, 1.82) is 0 Å². The fourth-order valence-corrected chi connectivity index (χ4v) is 3.56. The quantitative estimate of drug-likeness (QED) is 0.808. The summed E-state index contributed by atoms with van der Waals surface area (Å²) in [4.78, 5) is 5.17. The van der Waals surface area contributed by atoms with E-state index in [-0.39, 0.29) is 5.82 Å². The molecule has 1 aromatic rings. The molecule has 2 aliphatic heterocycles. The molecule has 0 aliphatic carbocycles. The standard InChI is InChI=1S/C16H23FN2/c1-13(14-5-2-6-15(17)11-14)19-10-4-9-18-8-3-7-16(18)12-19/h2,5-6,11,13,16H,3-4,7-10,12H2,1H3. The zero-order valence-corrected chi connectivity index (χ0v) is 11.7. The molecule has 0 N–H and O–H groups in total. The maximum atomic E-state index is 13.4. The van der Waals surface area contributed by atoms with E-state index < -0.39 is 0 Å². The predicted octanol–water partition coefficient (Wildman–Crippen LogP) is 3.06. The smallest absolute Gasteiger partial charge is 0.123 e. The highest BCUT2D eigenvalue weighted by Gasteiger charge is 2.30. The SMILES string of the molecule is CC(c1cccc(F)c1)N1CCCN2CCCC2C1. The largest absolute Gasteiger partial charge is 0.299 e. The molecule has 2 heterocycles. The lowest BCUT2D eigenvalue weighted by atomic mass is 10.1. The molecule has 1 aromatic carbocycles. The molecule has 0 radical (unpaired) electrons. The Labute approximate surface area is 115 Å². The van der Waals surface area contributed by atoms with Gasteiger partial charge in [-0.2, -0.15) is 0 Å². The van der Waals surface area contributed by atoms with Gasteiger partial charge in [0.05, 0.1) is 0 Å². The number of halogens is 1. The van der Waals surface area contributed by atoms with E-state index in [1.165, 1.54) is 38.4 Å². The van der Waals surface area contributed by atoms with Crippen molar-refractivity contribution in [2.24, 2.45) is 0 Å². The summed E-state index contributed by atoms with van der Waals surface area (Å²) >= 11 is 0. The molecule has 3 rings (SSSR count). The van der Waals surface area contributed by atoms with Crippen LogP contribution in [0.25, 0.3) is 0 Å². The van der Waals surface area contributed by atoms with E-state index in [0.717, 1.165) is 24.7 Å². The van der Waals surface area contributed by atoms with E-state index in [9.17, 15) is 4.39 Å². The van der Waals surface area contributed by atoms with Gasteiger partial charge in [0.1, 0.15) is 5.82 Å². The first-order valence-corrected chi connectivity index (χ1v) is 7.47. The number of rotatable bonds is 2. The van der Waals surface area contributed by atoms with Crippen molar-refractivity contribution in [3.8, 4) is 0 Å². The maximum absolute atomic E-state index is 13.4. The molecule has 19 heavy (non-hydrogen) atoms. The van der Waals surface area contributed by atoms with Crippen LogP contribution in [0, 0.1) is 5.82 Å². The molecule has 2 atom stereocenters. The monoisotopic (exact) mass is 262 g/mol. The van der Waals surface area contributed by atoms with E-state index in [2.05, 4.69) is 16.7 Å². The molecule has 2 nitrogen and oxygen atoms in total. The summed E-state index contributed by atoms with van der Waals surface area (Å²) in [5.41, 5.74) is 1.10. The van der Waals surface area contributed by atoms with E-state index in [1.807, 2.05) is 12.1 Å². The molecular weight excluding hydrogens is 239 g/mol. The van der Waals surface area contributed by atoms with Gasteiger partial charge in [-0.25, -0.2) is 4.39 Å². The van der Waals surface area contributed by atoms with Crippen molar-refractivity contribution in [2.45, 2.75) is 38.3 Å². The Morgan fingerprint density at radius 1 is 1.21 bits per heavy atom. The molecule has 0 amide bonds. The second-order valence-corrected chi connectivity index (χ2v) is 5.91. The lowest BCUT2D eigenvalue weighted by molar-refractivity contribution is 0.182. The summed E-state index contributed by atoms with van der Waals surface area (Å²) in [7, 11) is 0. The average molecular weight is 262 g/mol. The zero-order valence-electron chi connectivity index (χ0n) is 11.7. The van der Waals surface area contributed by atoms with Gasteiger partial charge in [0.25, 0.3) is 0 Å². The highest BCUT2D eigenvalue weighted by molar-refractivity contribution is 5.19. The molecule has 0 bridgehead atoms. The van der Waals surface area contributed by atoms with Crippen LogP contribution in [0.4, 0.5) is 4.39 Å². The average Bonchev–Trinajstić information content (AvgIpc) is 2.75. The molecule has 3 heteroatoms.